The molecule has 13 heteroatoms. The van der Waals surface area contributed by atoms with E-state index >= 15 is 0 Å². The van der Waals surface area contributed by atoms with E-state index in [1.54, 1.807) is 7.05 Å². The van der Waals surface area contributed by atoms with Crippen LogP contribution in [-0.2, 0) is 22.3 Å². The highest BCUT2D eigenvalue weighted by Crippen LogP contribution is 2.29. The molecule has 1 aromatic heterocycles. The molecule has 2 aliphatic rings. The second kappa shape index (κ2) is 11.4. The van der Waals surface area contributed by atoms with Crippen molar-refractivity contribution in [2.75, 3.05) is 66.1 Å². The molecule has 2 saturated heterocycles. The van der Waals surface area contributed by atoms with Crippen LogP contribution in [0.2, 0.25) is 0 Å². The number of nitrogens with one attached hydrogen (secondary N) is 1. The second-order valence-electron chi connectivity index (χ2n) is 6.78. The first-order valence-corrected chi connectivity index (χ1v) is 10.3. The van der Waals surface area contributed by atoms with Crippen LogP contribution in [-0.4, -0.2) is 97.6 Å². The molecule has 0 aromatic carbocycles. The number of amides is 1. The molecule has 0 radical (unpaired) electrons. The molecule has 1 N–H and O–H groups in total. The van der Waals surface area contributed by atoms with Crippen LogP contribution in [0, 0.1) is 0 Å². The summed E-state index contributed by atoms with van der Waals surface area (Å²) in [6.07, 6.45) is -4.43. The number of aliphatic imine (C=N–C) groups is 1. The monoisotopic (exact) mass is 562 g/mol. The molecule has 3 rings (SSSR count). The van der Waals surface area contributed by atoms with Crippen molar-refractivity contribution in [2.24, 2.45) is 4.99 Å². The van der Waals surface area contributed by atoms with Crippen LogP contribution >= 0.6 is 35.3 Å². The quantitative estimate of drug-likeness (QED) is 0.340. The molecule has 3 heterocycles. The van der Waals surface area contributed by atoms with Crippen molar-refractivity contribution in [3.63, 3.8) is 0 Å². The first kappa shape index (κ1) is 25.1. The SMILES string of the molecule is CN=C(NCc1nc(C(F)(F)F)cs1)N1CCN(CC(=O)N2CCOCC2)CC1.I. The van der Waals surface area contributed by atoms with Crippen molar-refractivity contribution in [3.05, 3.63) is 16.1 Å². The van der Waals surface area contributed by atoms with E-state index in [1.165, 1.54) is 0 Å². The Morgan fingerprint density at radius 1 is 1.20 bits per heavy atom. The summed E-state index contributed by atoms with van der Waals surface area (Å²) in [4.78, 5) is 26.2. The van der Waals surface area contributed by atoms with E-state index in [1.807, 2.05) is 9.80 Å². The molecule has 1 aromatic rings. The highest BCUT2D eigenvalue weighted by molar-refractivity contribution is 14.0. The maximum Gasteiger partial charge on any atom is 0.434 e. The third-order valence-electron chi connectivity index (χ3n) is 4.85. The molecule has 8 nitrogen and oxygen atoms in total. The fraction of sp³-hybridized carbons (Fsp3) is 0.706. The first-order valence-electron chi connectivity index (χ1n) is 9.42. The van der Waals surface area contributed by atoms with Crippen LogP contribution in [0.25, 0.3) is 0 Å². The lowest BCUT2D eigenvalue weighted by atomic mass is 10.3. The Kier molecular flexibility index (Phi) is 9.56. The summed E-state index contributed by atoms with van der Waals surface area (Å²) in [6, 6.07) is 0. The van der Waals surface area contributed by atoms with E-state index in [0.717, 1.165) is 16.7 Å². The molecule has 0 atom stereocenters. The van der Waals surface area contributed by atoms with Gasteiger partial charge in [-0.15, -0.1) is 35.3 Å². The van der Waals surface area contributed by atoms with Crippen molar-refractivity contribution < 1.29 is 22.7 Å². The van der Waals surface area contributed by atoms with Gasteiger partial charge in [-0.3, -0.25) is 14.7 Å². The number of alkyl halides is 3. The average Bonchev–Trinajstić information content (AvgIpc) is 3.20. The van der Waals surface area contributed by atoms with Crippen LogP contribution in [0.15, 0.2) is 10.4 Å². The fourth-order valence-electron chi connectivity index (χ4n) is 3.23. The highest BCUT2D eigenvalue weighted by Gasteiger charge is 2.33. The van der Waals surface area contributed by atoms with Crippen LogP contribution < -0.4 is 5.32 Å². The van der Waals surface area contributed by atoms with Gasteiger partial charge in [-0.1, -0.05) is 0 Å². The minimum atomic E-state index is -4.43. The summed E-state index contributed by atoms with van der Waals surface area (Å²) >= 11 is 0.970. The third-order valence-corrected chi connectivity index (χ3v) is 5.70. The number of carbonyl (C=O) groups is 1. The first-order chi connectivity index (χ1) is 13.9. The molecular weight excluding hydrogens is 536 g/mol. The molecule has 0 spiro atoms. The van der Waals surface area contributed by atoms with Gasteiger partial charge in [-0.25, -0.2) is 4.98 Å². The maximum atomic E-state index is 12.7. The van der Waals surface area contributed by atoms with Crippen LogP contribution in [0.1, 0.15) is 10.7 Å². The van der Waals surface area contributed by atoms with Crippen molar-refractivity contribution >= 4 is 47.2 Å². The van der Waals surface area contributed by atoms with Gasteiger partial charge in [0.05, 0.1) is 26.3 Å². The van der Waals surface area contributed by atoms with E-state index in [0.29, 0.717) is 70.0 Å². The molecule has 30 heavy (non-hydrogen) atoms. The molecule has 1 amide bonds. The molecular formula is C17H26F3IN6O2S. The Morgan fingerprint density at radius 3 is 2.43 bits per heavy atom. The number of ether oxygens (including phenoxy) is 1. The number of halogens is 4. The summed E-state index contributed by atoms with van der Waals surface area (Å²) in [7, 11) is 1.64. The molecule has 2 aliphatic heterocycles. The number of morpholine rings is 1. The minimum Gasteiger partial charge on any atom is -0.378 e. The van der Waals surface area contributed by atoms with Gasteiger partial charge in [0.2, 0.25) is 5.91 Å². The average molecular weight is 562 g/mol. The van der Waals surface area contributed by atoms with Gasteiger partial charge < -0.3 is 19.9 Å². The molecule has 2 fully saturated rings. The van der Waals surface area contributed by atoms with Crippen LogP contribution in [0.5, 0.6) is 0 Å². The van der Waals surface area contributed by atoms with E-state index in [2.05, 4.69) is 20.2 Å². The van der Waals surface area contributed by atoms with Gasteiger partial charge in [0.1, 0.15) is 5.01 Å². The normalized spacial score (nSPS) is 18.9. The number of hydrogen-bond donors (Lipinski definition) is 1. The number of thiazole rings is 1. The Balaban J connectivity index is 0.00000320. The van der Waals surface area contributed by atoms with E-state index in [-0.39, 0.29) is 36.4 Å². The van der Waals surface area contributed by atoms with Crippen molar-refractivity contribution in [1.82, 2.24) is 25.0 Å². The Labute approximate surface area is 194 Å². The highest BCUT2D eigenvalue weighted by atomic mass is 127. The number of rotatable bonds is 4. The largest absolute Gasteiger partial charge is 0.434 e. The standard InChI is InChI=1S/C17H25F3N6O2S.HI/c1-21-16(22-10-14-23-13(12-29-14)17(18,19)20)26-4-2-24(3-5-26)11-15(27)25-6-8-28-9-7-25;/h12H,2-11H2,1H3,(H,21,22);1H. The van der Waals surface area contributed by atoms with Crippen molar-refractivity contribution in [1.29, 1.82) is 0 Å². The zero-order chi connectivity index (χ0) is 20.9. The Hall–Kier alpha value is -1.19. The van der Waals surface area contributed by atoms with Crippen LogP contribution in [0.4, 0.5) is 13.2 Å². The zero-order valence-corrected chi connectivity index (χ0v) is 19.8. The van der Waals surface area contributed by atoms with Gasteiger partial charge >= 0.3 is 6.18 Å². The predicted molar refractivity (Wildman–Crippen MR) is 118 cm³/mol. The van der Waals surface area contributed by atoms with Crippen molar-refractivity contribution in [2.45, 2.75) is 12.7 Å². The number of hydrogen-bond acceptors (Lipinski definition) is 6. The van der Waals surface area contributed by atoms with Gasteiger partial charge in [-0.05, 0) is 0 Å². The third kappa shape index (κ3) is 6.92. The van der Waals surface area contributed by atoms with Gasteiger partial charge in [-0.2, -0.15) is 13.2 Å². The van der Waals surface area contributed by atoms with E-state index in [4.69, 9.17) is 4.74 Å². The minimum absolute atomic E-state index is 0. The summed E-state index contributed by atoms with van der Waals surface area (Å²) in [5.74, 6) is 0.737. The summed E-state index contributed by atoms with van der Waals surface area (Å²) in [5, 5.41) is 4.45. The molecule has 170 valence electrons. The summed E-state index contributed by atoms with van der Waals surface area (Å²) in [5.41, 5.74) is -0.868. The fourth-order valence-corrected chi connectivity index (χ4v) is 3.97. The topological polar surface area (TPSA) is 73.3 Å². The Morgan fingerprint density at radius 2 is 1.87 bits per heavy atom. The van der Waals surface area contributed by atoms with E-state index < -0.39 is 11.9 Å². The maximum absolute atomic E-state index is 12.7. The van der Waals surface area contributed by atoms with Gasteiger partial charge in [0.15, 0.2) is 11.7 Å². The van der Waals surface area contributed by atoms with Crippen molar-refractivity contribution in [3.8, 4) is 0 Å². The molecule has 0 bridgehead atoms. The number of guanidine groups is 1. The van der Waals surface area contributed by atoms with E-state index in [9.17, 15) is 18.0 Å². The van der Waals surface area contributed by atoms with Gasteiger partial charge in [0.25, 0.3) is 0 Å². The van der Waals surface area contributed by atoms with Crippen LogP contribution in [0.3, 0.4) is 0 Å². The number of aromatic nitrogens is 1. The summed E-state index contributed by atoms with van der Waals surface area (Å²) in [6.45, 7) is 5.82. The lowest BCUT2D eigenvalue weighted by Crippen LogP contribution is -2.54. The Bertz CT molecular complexity index is 719. The molecule has 0 unspecified atom stereocenters. The zero-order valence-electron chi connectivity index (χ0n) is 16.7. The second-order valence-corrected chi connectivity index (χ2v) is 7.72. The number of carbonyl (C=O) groups excluding carboxylic acids is 1. The summed E-state index contributed by atoms with van der Waals surface area (Å²) < 4.78 is 43.2. The molecule has 0 saturated carbocycles. The number of nitrogens with zero attached hydrogens (tertiary/aromatic N) is 5. The molecule has 0 aliphatic carbocycles. The lowest BCUT2D eigenvalue weighted by Gasteiger charge is -2.37. The number of piperazine rings is 1. The van der Waals surface area contributed by atoms with Gasteiger partial charge in [0, 0.05) is 51.7 Å². The lowest BCUT2D eigenvalue weighted by molar-refractivity contribution is -0.140. The predicted octanol–water partition coefficient (Wildman–Crippen LogP) is 1.33. The smallest absolute Gasteiger partial charge is 0.378 e.